The summed E-state index contributed by atoms with van der Waals surface area (Å²) in [5.74, 6) is -0.932. The Morgan fingerprint density at radius 1 is 1.27 bits per heavy atom. The number of aliphatic hydroxyl groups excluding tert-OH is 1. The van der Waals surface area contributed by atoms with E-state index in [9.17, 15) is 14.7 Å². The molecule has 158 valence electrons. The summed E-state index contributed by atoms with van der Waals surface area (Å²) in [6, 6.07) is 8.01. The van der Waals surface area contributed by atoms with Crippen molar-refractivity contribution in [2.45, 2.75) is 32.9 Å². The van der Waals surface area contributed by atoms with Crippen LogP contribution in [0.3, 0.4) is 0 Å². The molecule has 1 fully saturated rings. The minimum absolute atomic E-state index is 0.0144. The van der Waals surface area contributed by atoms with Crippen molar-refractivity contribution in [3.05, 3.63) is 65.0 Å². The van der Waals surface area contributed by atoms with E-state index < -0.39 is 17.7 Å². The maximum atomic E-state index is 12.9. The van der Waals surface area contributed by atoms with Crippen LogP contribution in [0.25, 0.3) is 5.76 Å². The van der Waals surface area contributed by atoms with Gasteiger partial charge < -0.3 is 19.5 Å². The second kappa shape index (κ2) is 9.09. The molecule has 1 aromatic carbocycles. The first kappa shape index (κ1) is 21.5. The Morgan fingerprint density at radius 2 is 2.03 bits per heavy atom. The van der Waals surface area contributed by atoms with Gasteiger partial charge in [-0.25, -0.2) is 0 Å². The van der Waals surface area contributed by atoms with Gasteiger partial charge in [0.25, 0.3) is 11.7 Å². The van der Waals surface area contributed by atoms with Crippen molar-refractivity contribution in [1.82, 2.24) is 9.88 Å². The molecule has 1 unspecified atom stereocenters. The molecular weight excluding hydrogens is 384 g/mol. The van der Waals surface area contributed by atoms with Crippen molar-refractivity contribution in [3.8, 4) is 5.75 Å². The summed E-state index contributed by atoms with van der Waals surface area (Å²) in [4.78, 5) is 31.2. The van der Waals surface area contributed by atoms with Gasteiger partial charge in [-0.3, -0.25) is 14.6 Å². The molecule has 0 aliphatic carbocycles. The standard InChI is InChI=1S/C23H26N2O5/c1-14(2)30-17-7-8-18(15(3)12-17)21(26)19-20(16-6-5-9-24-13-16)25(10-11-29-4)23(28)22(19)27/h5-9,12-14,20,26H,10-11H2,1-4H3/b21-19+. The van der Waals surface area contributed by atoms with Crippen LogP contribution >= 0.6 is 0 Å². The topological polar surface area (TPSA) is 89.0 Å². The van der Waals surface area contributed by atoms with Crippen LogP contribution in [0.15, 0.2) is 48.3 Å². The number of pyridine rings is 1. The van der Waals surface area contributed by atoms with Gasteiger partial charge in [0.1, 0.15) is 11.5 Å². The highest BCUT2D eigenvalue weighted by molar-refractivity contribution is 6.46. The van der Waals surface area contributed by atoms with E-state index in [1.807, 2.05) is 20.8 Å². The van der Waals surface area contributed by atoms with Crippen molar-refractivity contribution < 1.29 is 24.2 Å². The molecule has 7 heteroatoms. The number of aliphatic hydroxyl groups is 1. The first-order valence-electron chi connectivity index (χ1n) is 9.80. The molecule has 1 amide bonds. The number of Topliss-reactive ketones (excluding diaryl/α,β-unsaturated/α-hetero) is 1. The average Bonchev–Trinajstić information content (AvgIpc) is 2.96. The number of rotatable bonds is 7. The summed E-state index contributed by atoms with van der Waals surface area (Å²) in [5.41, 5.74) is 1.90. The highest BCUT2D eigenvalue weighted by Crippen LogP contribution is 2.39. The Kier molecular flexibility index (Phi) is 6.52. The van der Waals surface area contributed by atoms with Crippen LogP contribution in [0.2, 0.25) is 0 Å². The number of nitrogens with zero attached hydrogens (tertiary/aromatic N) is 2. The number of hydrogen-bond donors (Lipinski definition) is 1. The minimum atomic E-state index is -0.736. The van der Waals surface area contributed by atoms with Gasteiger partial charge in [0, 0.05) is 31.6 Å². The normalized spacial score (nSPS) is 18.3. The fourth-order valence-corrected chi connectivity index (χ4v) is 3.58. The Hall–Kier alpha value is -3.19. The van der Waals surface area contributed by atoms with Crippen LogP contribution in [0.1, 0.15) is 36.6 Å². The lowest BCUT2D eigenvalue weighted by Gasteiger charge is -2.24. The smallest absolute Gasteiger partial charge is 0.295 e. The van der Waals surface area contributed by atoms with Gasteiger partial charge in [-0.05, 0) is 56.2 Å². The molecule has 2 aromatic rings. The van der Waals surface area contributed by atoms with Crippen molar-refractivity contribution in [2.75, 3.05) is 20.3 Å². The number of benzene rings is 1. The predicted molar refractivity (Wildman–Crippen MR) is 112 cm³/mol. The van der Waals surface area contributed by atoms with Gasteiger partial charge in [-0.1, -0.05) is 6.07 Å². The summed E-state index contributed by atoms with van der Waals surface area (Å²) in [7, 11) is 1.53. The Morgan fingerprint density at radius 3 is 2.63 bits per heavy atom. The highest BCUT2D eigenvalue weighted by Gasteiger charge is 2.46. The fraction of sp³-hybridized carbons (Fsp3) is 0.348. The van der Waals surface area contributed by atoms with Crippen LogP contribution in [-0.2, 0) is 14.3 Å². The summed E-state index contributed by atoms with van der Waals surface area (Å²) in [6.45, 7) is 6.17. The zero-order valence-corrected chi connectivity index (χ0v) is 17.6. The molecule has 1 N–H and O–H groups in total. The van der Waals surface area contributed by atoms with Crippen molar-refractivity contribution >= 4 is 17.4 Å². The Labute approximate surface area is 175 Å². The zero-order chi connectivity index (χ0) is 21.8. The Bertz CT molecular complexity index is 969. The monoisotopic (exact) mass is 410 g/mol. The van der Waals surface area contributed by atoms with E-state index in [-0.39, 0.29) is 30.6 Å². The van der Waals surface area contributed by atoms with Crippen molar-refractivity contribution in [3.63, 3.8) is 0 Å². The number of carbonyl (C=O) groups is 2. The molecule has 0 spiro atoms. The van der Waals surface area contributed by atoms with Crippen molar-refractivity contribution in [2.24, 2.45) is 0 Å². The molecule has 1 aliphatic heterocycles. The molecule has 3 rings (SSSR count). The second-order valence-corrected chi connectivity index (χ2v) is 7.41. The molecule has 0 radical (unpaired) electrons. The van der Waals surface area contributed by atoms with Crippen LogP contribution < -0.4 is 4.74 Å². The summed E-state index contributed by atoms with van der Waals surface area (Å²) in [5, 5.41) is 11.1. The fourth-order valence-electron chi connectivity index (χ4n) is 3.58. The largest absolute Gasteiger partial charge is 0.507 e. The molecule has 0 bridgehead atoms. The number of carbonyl (C=O) groups excluding carboxylic acids is 2. The van der Waals surface area contributed by atoms with Crippen LogP contribution in [0.4, 0.5) is 0 Å². The highest BCUT2D eigenvalue weighted by atomic mass is 16.5. The zero-order valence-electron chi connectivity index (χ0n) is 17.6. The van der Waals surface area contributed by atoms with Gasteiger partial charge in [0.2, 0.25) is 0 Å². The molecular formula is C23H26N2O5. The van der Waals surface area contributed by atoms with Crippen LogP contribution in [0.5, 0.6) is 5.75 Å². The Balaban J connectivity index is 2.11. The third-order valence-corrected chi connectivity index (χ3v) is 4.90. The molecule has 2 heterocycles. The van der Waals surface area contributed by atoms with Gasteiger partial charge in [-0.15, -0.1) is 0 Å². The van der Waals surface area contributed by atoms with E-state index >= 15 is 0 Å². The van der Waals surface area contributed by atoms with Crippen LogP contribution in [-0.4, -0.2) is 53.0 Å². The lowest BCUT2D eigenvalue weighted by Crippen LogP contribution is -2.32. The van der Waals surface area contributed by atoms with E-state index in [1.165, 1.54) is 12.0 Å². The van der Waals surface area contributed by atoms with E-state index in [4.69, 9.17) is 9.47 Å². The molecule has 7 nitrogen and oxygen atoms in total. The lowest BCUT2D eigenvalue weighted by atomic mass is 9.94. The number of hydrogen-bond acceptors (Lipinski definition) is 6. The van der Waals surface area contributed by atoms with E-state index in [2.05, 4.69) is 4.98 Å². The van der Waals surface area contributed by atoms with Gasteiger partial charge in [0.15, 0.2) is 0 Å². The first-order valence-corrected chi connectivity index (χ1v) is 9.80. The molecule has 30 heavy (non-hydrogen) atoms. The summed E-state index contributed by atoms with van der Waals surface area (Å²) < 4.78 is 10.8. The lowest BCUT2D eigenvalue weighted by molar-refractivity contribution is -0.140. The quantitative estimate of drug-likeness (QED) is 0.428. The summed E-state index contributed by atoms with van der Waals surface area (Å²) in [6.07, 6.45) is 3.22. The molecule has 1 saturated heterocycles. The maximum absolute atomic E-state index is 12.9. The van der Waals surface area contributed by atoms with Crippen molar-refractivity contribution in [1.29, 1.82) is 0 Å². The average molecular weight is 410 g/mol. The number of likely N-dealkylation sites (tertiary alicyclic amines) is 1. The second-order valence-electron chi connectivity index (χ2n) is 7.41. The molecule has 1 aromatic heterocycles. The van der Waals surface area contributed by atoms with Crippen LogP contribution in [0, 0.1) is 6.92 Å². The molecule has 1 atom stereocenters. The molecule has 1 aliphatic rings. The number of methoxy groups -OCH3 is 1. The van der Waals surface area contributed by atoms with E-state index in [0.717, 1.165) is 5.56 Å². The SMILES string of the molecule is COCCN1C(=O)C(=O)/C(=C(/O)c2ccc(OC(C)C)cc2C)C1c1cccnc1. The number of ketones is 1. The third-order valence-electron chi connectivity index (χ3n) is 4.90. The number of aromatic nitrogens is 1. The maximum Gasteiger partial charge on any atom is 0.295 e. The van der Waals surface area contributed by atoms with Gasteiger partial charge in [-0.2, -0.15) is 0 Å². The van der Waals surface area contributed by atoms with Gasteiger partial charge in [0.05, 0.1) is 24.3 Å². The molecule has 0 saturated carbocycles. The summed E-state index contributed by atoms with van der Waals surface area (Å²) >= 11 is 0. The predicted octanol–water partition coefficient (Wildman–Crippen LogP) is 3.25. The number of aryl methyl sites for hydroxylation is 1. The van der Waals surface area contributed by atoms with E-state index in [0.29, 0.717) is 16.9 Å². The van der Waals surface area contributed by atoms with Gasteiger partial charge >= 0.3 is 0 Å². The minimum Gasteiger partial charge on any atom is -0.507 e. The number of amides is 1. The number of ether oxygens (including phenoxy) is 2. The first-order chi connectivity index (χ1) is 14.3. The van der Waals surface area contributed by atoms with E-state index in [1.54, 1.807) is 42.7 Å². The third kappa shape index (κ3) is 4.21.